The Kier molecular flexibility index (Phi) is 4.39. The third-order valence-corrected chi connectivity index (χ3v) is 6.07. The van der Waals surface area contributed by atoms with E-state index in [4.69, 9.17) is 11.6 Å². The molecule has 0 radical (unpaired) electrons. The zero-order chi connectivity index (χ0) is 16.4. The number of hydrogen-bond donors (Lipinski definition) is 1. The van der Waals surface area contributed by atoms with Crippen molar-refractivity contribution in [3.05, 3.63) is 64.5 Å². The molecule has 0 aliphatic rings. The Morgan fingerprint density at radius 1 is 1.09 bits per heavy atom. The number of nitrogens with one attached hydrogen (secondary N) is 1. The Hall–Kier alpha value is -1.89. The second-order valence-corrected chi connectivity index (χ2v) is 7.79. The van der Waals surface area contributed by atoms with Crippen LogP contribution in [-0.4, -0.2) is 13.4 Å². The van der Waals surface area contributed by atoms with Crippen LogP contribution in [0.2, 0.25) is 5.02 Å². The van der Waals surface area contributed by atoms with Crippen LogP contribution in [0.25, 0.3) is 10.6 Å². The molecule has 3 rings (SSSR count). The fourth-order valence-electron chi connectivity index (χ4n) is 2.11. The van der Waals surface area contributed by atoms with Gasteiger partial charge >= 0.3 is 0 Å². The zero-order valence-electron chi connectivity index (χ0n) is 12.2. The highest BCUT2D eigenvalue weighted by Gasteiger charge is 2.19. The van der Waals surface area contributed by atoms with E-state index in [9.17, 15) is 8.42 Å². The molecule has 0 fully saturated rings. The molecule has 0 atom stereocenters. The molecule has 0 spiro atoms. The van der Waals surface area contributed by atoms with Crippen molar-refractivity contribution >= 4 is 38.8 Å². The van der Waals surface area contributed by atoms with Gasteiger partial charge in [0.05, 0.1) is 4.90 Å². The first-order valence-electron chi connectivity index (χ1n) is 6.76. The summed E-state index contributed by atoms with van der Waals surface area (Å²) >= 11 is 7.38. The summed E-state index contributed by atoms with van der Waals surface area (Å²) in [6, 6.07) is 14.4. The van der Waals surface area contributed by atoms with E-state index >= 15 is 0 Å². The summed E-state index contributed by atoms with van der Waals surface area (Å²) in [6.45, 7) is 1.67. The zero-order valence-corrected chi connectivity index (χ0v) is 14.5. The van der Waals surface area contributed by atoms with Crippen LogP contribution in [0.3, 0.4) is 0 Å². The highest BCUT2D eigenvalue weighted by molar-refractivity contribution is 7.92. The van der Waals surface area contributed by atoms with Gasteiger partial charge in [0.25, 0.3) is 10.0 Å². The molecule has 3 aromatic rings. The van der Waals surface area contributed by atoms with Crippen molar-refractivity contribution in [2.24, 2.45) is 0 Å². The smallest absolute Gasteiger partial charge is 0.263 e. The van der Waals surface area contributed by atoms with Gasteiger partial charge in [0.2, 0.25) is 0 Å². The molecular formula is C16H13ClN2O2S2. The van der Waals surface area contributed by atoms with E-state index in [-0.39, 0.29) is 4.90 Å². The van der Waals surface area contributed by atoms with Gasteiger partial charge in [0.15, 0.2) is 5.82 Å². The fourth-order valence-corrected chi connectivity index (χ4v) is 4.43. The highest BCUT2D eigenvalue weighted by Crippen LogP contribution is 2.28. The van der Waals surface area contributed by atoms with E-state index in [1.54, 1.807) is 24.4 Å². The molecule has 0 aliphatic heterocycles. The Morgan fingerprint density at radius 2 is 1.83 bits per heavy atom. The second kappa shape index (κ2) is 6.31. The first-order chi connectivity index (χ1) is 11.0. The minimum absolute atomic E-state index is 0.152. The topological polar surface area (TPSA) is 59.1 Å². The molecule has 0 aliphatic carbocycles. The van der Waals surface area contributed by atoms with Crippen molar-refractivity contribution in [2.45, 2.75) is 11.8 Å². The van der Waals surface area contributed by atoms with E-state index in [0.29, 0.717) is 16.4 Å². The minimum Gasteiger partial charge on any atom is -0.263 e. The molecule has 4 nitrogen and oxygen atoms in total. The third-order valence-electron chi connectivity index (χ3n) is 3.27. The third kappa shape index (κ3) is 3.39. The molecule has 0 amide bonds. The van der Waals surface area contributed by atoms with Gasteiger partial charge in [0.1, 0.15) is 5.01 Å². The van der Waals surface area contributed by atoms with Crippen molar-refractivity contribution < 1.29 is 8.42 Å². The number of thiazole rings is 1. The monoisotopic (exact) mass is 364 g/mol. The largest absolute Gasteiger partial charge is 0.263 e. The first kappa shape index (κ1) is 16.0. The molecule has 0 unspecified atom stereocenters. The van der Waals surface area contributed by atoms with E-state index in [1.165, 1.54) is 17.4 Å². The van der Waals surface area contributed by atoms with E-state index in [2.05, 4.69) is 9.71 Å². The maximum Gasteiger partial charge on any atom is 0.263 e. The van der Waals surface area contributed by atoms with Gasteiger partial charge in [-0.1, -0.05) is 48.0 Å². The van der Waals surface area contributed by atoms with Gasteiger partial charge in [-0.2, -0.15) is 0 Å². The normalized spacial score (nSPS) is 11.4. The highest BCUT2D eigenvalue weighted by atomic mass is 35.5. The molecule has 118 valence electrons. The SMILES string of the molecule is Cc1c(Cl)cccc1S(=O)(=O)Nc1csc(-c2ccccc2)n1. The summed E-state index contributed by atoms with van der Waals surface area (Å²) in [6.07, 6.45) is 0. The van der Waals surface area contributed by atoms with Gasteiger partial charge in [0, 0.05) is 16.0 Å². The first-order valence-corrected chi connectivity index (χ1v) is 9.50. The number of benzene rings is 2. The lowest BCUT2D eigenvalue weighted by Gasteiger charge is -2.09. The summed E-state index contributed by atoms with van der Waals surface area (Å²) in [5, 5.41) is 2.85. The molecule has 0 bridgehead atoms. The van der Waals surface area contributed by atoms with Crippen LogP contribution in [0, 0.1) is 6.92 Å². The van der Waals surface area contributed by atoms with Crippen LogP contribution in [0.15, 0.2) is 58.8 Å². The van der Waals surface area contributed by atoms with Crippen molar-refractivity contribution in [1.29, 1.82) is 0 Å². The van der Waals surface area contributed by atoms with E-state index in [1.807, 2.05) is 30.3 Å². The average Bonchev–Trinajstić information content (AvgIpc) is 2.98. The number of hydrogen-bond acceptors (Lipinski definition) is 4. The Balaban J connectivity index is 1.90. The summed E-state index contributed by atoms with van der Waals surface area (Å²) in [7, 11) is -3.73. The van der Waals surface area contributed by atoms with Crippen molar-refractivity contribution in [3.8, 4) is 10.6 Å². The molecule has 1 heterocycles. The summed E-state index contributed by atoms with van der Waals surface area (Å²) in [5.41, 5.74) is 1.46. The van der Waals surface area contributed by atoms with Gasteiger partial charge in [-0.05, 0) is 24.6 Å². The number of rotatable bonds is 4. The number of sulfonamides is 1. The molecule has 0 saturated heterocycles. The van der Waals surface area contributed by atoms with Crippen LogP contribution in [-0.2, 0) is 10.0 Å². The molecule has 0 saturated carbocycles. The van der Waals surface area contributed by atoms with Gasteiger partial charge in [-0.3, -0.25) is 4.72 Å². The lowest BCUT2D eigenvalue weighted by molar-refractivity contribution is 0.600. The number of nitrogens with zero attached hydrogens (tertiary/aromatic N) is 1. The molecule has 1 N–H and O–H groups in total. The van der Waals surface area contributed by atoms with Crippen molar-refractivity contribution in [2.75, 3.05) is 4.72 Å². The molecule has 2 aromatic carbocycles. The van der Waals surface area contributed by atoms with Gasteiger partial charge < -0.3 is 0 Å². The van der Waals surface area contributed by atoms with Crippen molar-refractivity contribution in [1.82, 2.24) is 4.98 Å². The van der Waals surface area contributed by atoms with Crippen LogP contribution in [0.5, 0.6) is 0 Å². The molecule has 7 heteroatoms. The lowest BCUT2D eigenvalue weighted by Crippen LogP contribution is -2.14. The average molecular weight is 365 g/mol. The van der Waals surface area contributed by atoms with E-state index < -0.39 is 10.0 Å². The Morgan fingerprint density at radius 3 is 2.57 bits per heavy atom. The number of anilines is 1. The Bertz CT molecular complexity index is 938. The predicted molar refractivity (Wildman–Crippen MR) is 94.5 cm³/mol. The second-order valence-electron chi connectivity index (χ2n) is 4.87. The van der Waals surface area contributed by atoms with Crippen LogP contribution < -0.4 is 4.72 Å². The molecule has 1 aromatic heterocycles. The van der Waals surface area contributed by atoms with Crippen molar-refractivity contribution in [3.63, 3.8) is 0 Å². The standard InChI is InChI=1S/C16H13ClN2O2S2/c1-11-13(17)8-5-9-14(11)23(20,21)19-15-10-22-16(18-15)12-6-3-2-4-7-12/h2-10,19H,1H3. The lowest BCUT2D eigenvalue weighted by atomic mass is 10.2. The number of halogens is 1. The maximum absolute atomic E-state index is 12.5. The maximum atomic E-state index is 12.5. The van der Waals surface area contributed by atoms with Crippen LogP contribution in [0.1, 0.15) is 5.56 Å². The van der Waals surface area contributed by atoms with Crippen LogP contribution >= 0.6 is 22.9 Å². The fraction of sp³-hybridized carbons (Fsp3) is 0.0625. The van der Waals surface area contributed by atoms with Crippen LogP contribution in [0.4, 0.5) is 5.82 Å². The van der Waals surface area contributed by atoms with Gasteiger partial charge in [-0.25, -0.2) is 13.4 Å². The predicted octanol–water partition coefficient (Wildman–Crippen LogP) is 4.57. The Labute approximate surface area is 143 Å². The van der Waals surface area contributed by atoms with E-state index in [0.717, 1.165) is 10.6 Å². The molecule has 23 heavy (non-hydrogen) atoms. The molecular weight excluding hydrogens is 352 g/mol. The minimum atomic E-state index is -3.73. The summed E-state index contributed by atoms with van der Waals surface area (Å²) in [4.78, 5) is 4.49. The van der Waals surface area contributed by atoms with Gasteiger partial charge in [-0.15, -0.1) is 11.3 Å². The summed E-state index contributed by atoms with van der Waals surface area (Å²) < 4.78 is 27.5. The number of aromatic nitrogens is 1. The quantitative estimate of drug-likeness (QED) is 0.737. The summed E-state index contributed by atoms with van der Waals surface area (Å²) in [5.74, 6) is 0.299.